The van der Waals surface area contributed by atoms with Crippen molar-refractivity contribution in [3.63, 3.8) is 0 Å². The Bertz CT molecular complexity index is 874. The van der Waals surface area contributed by atoms with Gasteiger partial charge >= 0.3 is 0 Å². The van der Waals surface area contributed by atoms with Crippen LogP contribution in [0.3, 0.4) is 0 Å². The molecule has 0 radical (unpaired) electrons. The zero-order chi connectivity index (χ0) is 18.6. The Morgan fingerprint density at radius 2 is 1.52 bits per heavy atom. The fourth-order valence-electron chi connectivity index (χ4n) is 3.64. The van der Waals surface area contributed by atoms with Crippen molar-refractivity contribution < 1.29 is 4.79 Å². The third-order valence-corrected chi connectivity index (χ3v) is 7.56. The van der Waals surface area contributed by atoms with Gasteiger partial charge in [0.25, 0.3) is 0 Å². The van der Waals surface area contributed by atoms with Gasteiger partial charge in [-0.15, -0.1) is 0 Å². The molecule has 2 heterocycles. The van der Waals surface area contributed by atoms with E-state index in [2.05, 4.69) is 42.2 Å². The predicted molar refractivity (Wildman–Crippen MR) is 117 cm³/mol. The summed E-state index contributed by atoms with van der Waals surface area (Å²) in [6.45, 7) is 3.24. The summed E-state index contributed by atoms with van der Waals surface area (Å²) in [6, 6.07) is 16.5. The molecule has 0 aliphatic carbocycles. The van der Waals surface area contributed by atoms with Crippen LogP contribution in [0.5, 0.6) is 0 Å². The molecule has 4 heteroatoms. The number of anilines is 1. The smallest absolute Gasteiger partial charge is 0.203 e. The summed E-state index contributed by atoms with van der Waals surface area (Å²) < 4.78 is 0. The number of benzene rings is 2. The standard InChI is InChI=1S/C23H25NOS2/c1-2-3-4-5-6-11-16-24-18-13-8-10-15-20(18)27-23(24)22-21(25)17-12-7-9-14-19(17)26-22/h7-10,12-15H,2-6,11,16H2,1H3/b23-22+. The van der Waals surface area contributed by atoms with Gasteiger partial charge in [-0.2, -0.15) is 0 Å². The van der Waals surface area contributed by atoms with Crippen LogP contribution in [-0.2, 0) is 0 Å². The van der Waals surface area contributed by atoms with Crippen LogP contribution in [0.25, 0.3) is 0 Å². The molecule has 0 saturated carbocycles. The number of unbranched alkanes of at least 4 members (excludes halogenated alkanes) is 5. The van der Waals surface area contributed by atoms with E-state index >= 15 is 0 Å². The van der Waals surface area contributed by atoms with Gasteiger partial charge in [0.2, 0.25) is 5.78 Å². The highest BCUT2D eigenvalue weighted by atomic mass is 32.2. The number of hydrogen-bond acceptors (Lipinski definition) is 4. The monoisotopic (exact) mass is 395 g/mol. The summed E-state index contributed by atoms with van der Waals surface area (Å²) in [5, 5.41) is 1.12. The first-order valence-corrected chi connectivity index (χ1v) is 11.5. The molecule has 0 atom stereocenters. The molecule has 0 amide bonds. The van der Waals surface area contributed by atoms with Gasteiger partial charge in [-0.3, -0.25) is 4.79 Å². The van der Waals surface area contributed by atoms with Gasteiger partial charge < -0.3 is 4.90 Å². The number of fused-ring (bicyclic) bond motifs is 2. The molecule has 0 saturated heterocycles. The summed E-state index contributed by atoms with van der Waals surface area (Å²) in [7, 11) is 0. The summed E-state index contributed by atoms with van der Waals surface area (Å²) in [5.41, 5.74) is 2.10. The first-order chi connectivity index (χ1) is 13.3. The molecule has 2 nitrogen and oxygen atoms in total. The molecule has 27 heavy (non-hydrogen) atoms. The number of para-hydroxylation sites is 1. The Hall–Kier alpha value is -1.65. The molecule has 2 aliphatic rings. The van der Waals surface area contributed by atoms with Gasteiger partial charge in [-0.25, -0.2) is 0 Å². The Labute approximate surface area is 170 Å². The van der Waals surface area contributed by atoms with Crippen LogP contribution in [0.15, 0.2) is 68.3 Å². The Morgan fingerprint density at radius 3 is 2.33 bits per heavy atom. The normalized spacial score (nSPS) is 18.1. The highest BCUT2D eigenvalue weighted by molar-refractivity contribution is 8.08. The zero-order valence-corrected chi connectivity index (χ0v) is 17.4. The first kappa shape index (κ1) is 18.7. The highest BCUT2D eigenvalue weighted by Crippen LogP contribution is 2.52. The van der Waals surface area contributed by atoms with E-state index in [-0.39, 0.29) is 5.78 Å². The quantitative estimate of drug-likeness (QED) is 0.367. The minimum Gasteiger partial charge on any atom is -0.334 e. The number of allylic oxidation sites excluding steroid dienone is 1. The number of rotatable bonds is 7. The maximum Gasteiger partial charge on any atom is 0.203 e. The molecule has 2 aromatic rings. The van der Waals surface area contributed by atoms with Crippen LogP contribution < -0.4 is 4.90 Å². The van der Waals surface area contributed by atoms with Crippen molar-refractivity contribution in [2.75, 3.05) is 11.4 Å². The number of thioether (sulfide) groups is 2. The third-order valence-electron chi connectivity index (χ3n) is 5.09. The number of ketones is 1. The average Bonchev–Trinajstić information content (AvgIpc) is 3.23. The fourth-order valence-corrected chi connectivity index (χ4v) is 6.05. The number of nitrogens with zero attached hydrogens (tertiary/aromatic N) is 1. The zero-order valence-electron chi connectivity index (χ0n) is 15.7. The molecular formula is C23H25NOS2. The summed E-state index contributed by atoms with van der Waals surface area (Å²) in [5.74, 6) is 0.179. The maximum absolute atomic E-state index is 13.0. The van der Waals surface area contributed by atoms with Crippen molar-refractivity contribution in [1.29, 1.82) is 0 Å². The minimum absolute atomic E-state index is 0.179. The van der Waals surface area contributed by atoms with E-state index in [0.29, 0.717) is 0 Å². The van der Waals surface area contributed by atoms with E-state index in [1.807, 2.05) is 18.2 Å². The van der Waals surface area contributed by atoms with Gasteiger partial charge in [-0.05, 0) is 30.7 Å². The first-order valence-electron chi connectivity index (χ1n) is 9.90. The van der Waals surface area contributed by atoms with Crippen LogP contribution in [0.4, 0.5) is 5.69 Å². The molecule has 140 valence electrons. The Kier molecular flexibility index (Phi) is 5.94. The average molecular weight is 396 g/mol. The van der Waals surface area contributed by atoms with Gasteiger partial charge in [0.1, 0.15) is 0 Å². The lowest BCUT2D eigenvalue weighted by Gasteiger charge is -2.21. The molecule has 0 unspecified atom stereocenters. The molecular weight excluding hydrogens is 370 g/mol. The van der Waals surface area contributed by atoms with Gasteiger partial charge in [0, 0.05) is 21.9 Å². The second kappa shape index (κ2) is 8.57. The second-order valence-corrected chi connectivity index (χ2v) is 9.13. The van der Waals surface area contributed by atoms with Crippen molar-refractivity contribution in [1.82, 2.24) is 0 Å². The SMILES string of the molecule is CCCCCCCCN1/C(=C2\Sc3ccccc3C2=O)Sc2ccccc21. The third kappa shape index (κ3) is 3.83. The van der Waals surface area contributed by atoms with Crippen molar-refractivity contribution in [3.05, 3.63) is 64.0 Å². The van der Waals surface area contributed by atoms with Crippen LogP contribution in [0.2, 0.25) is 0 Å². The van der Waals surface area contributed by atoms with Crippen molar-refractivity contribution in [2.45, 2.75) is 55.2 Å². The molecule has 0 aromatic heterocycles. The highest BCUT2D eigenvalue weighted by Gasteiger charge is 2.34. The lowest BCUT2D eigenvalue weighted by molar-refractivity contribution is 0.104. The Balaban J connectivity index is 1.56. The predicted octanol–water partition coefficient (Wildman–Crippen LogP) is 7.12. The lowest BCUT2D eigenvalue weighted by atomic mass is 10.1. The molecule has 0 bridgehead atoms. The number of carbonyl (C=O) groups is 1. The molecule has 0 N–H and O–H groups in total. The number of hydrogen-bond donors (Lipinski definition) is 0. The number of Topliss-reactive ketones (excluding diaryl/α,β-unsaturated/α-hetero) is 1. The minimum atomic E-state index is 0.179. The molecule has 0 fully saturated rings. The summed E-state index contributed by atoms with van der Waals surface area (Å²) >= 11 is 3.39. The van der Waals surface area contributed by atoms with E-state index in [1.165, 1.54) is 49.1 Å². The van der Waals surface area contributed by atoms with Crippen LogP contribution in [0, 0.1) is 0 Å². The van der Waals surface area contributed by atoms with Gasteiger partial charge in [0.15, 0.2) is 0 Å². The van der Waals surface area contributed by atoms with E-state index in [9.17, 15) is 4.79 Å². The van der Waals surface area contributed by atoms with E-state index < -0.39 is 0 Å². The largest absolute Gasteiger partial charge is 0.334 e. The molecule has 2 aliphatic heterocycles. The van der Waals surface area contributed by atoms with Crippen molar-refractivity contribution in [3.8, 4) is 0 Å². The van der Waals surface area contributed by atoms with Crippen LogP contribution >= 0.6 is 23.5 Å². The number of carbonyl (C=O) groups excluding carboxylic acids is 1. The van der Waals surface area contributed by atoms with Crippen molar-refractivity contribution in [2.24, 2.45) is 0 Å². The van der Waals surface area contributed by atoms with Crippen molar-refractivity contribution >= 4 is 35.0 Å². The fraction of sp³-hybridized carbons (Fsp3) is 0.348. The van der Waals surface area contributed by atoms with Crippen LogP contribution in [-0.4, -0.2) is 12.3 Å². The molecule has 0 spiro atoms. The van der Waals surface area contributed by atoms with Crippen LogP contribution in [0.1, 0.15) is 55.8 Å². The summed E-state index contributed by atoms with van der Waals surface area (Å²) in [6.07, 6.45) is 7.68. The van der Waals surface area contributed by atoms with E-state index in [0.717, 1.165) is 26.9 Å². The van der Waals surface area contributed by atoms with E-state index in [4.69, 9.17) is 0 Å². The van der Waals surface area contributed by atoms with Gasteiger partial charge in [0.05, 0.1) is 15.6 Å². The lowest BCUT2D eigenvalue weighted by Crippen LogP contribution is -2.21. The maximum atomic E-state index is 13.0. The van der Waals surface area contributed by atoms with E-state index in [1.54, 1.807) is 23.5 Å². The second-order valence-electron chi connectivity index (χ2n) is 7.05. The molecule has 4 rings (SSSR count). The van der Waals surface area contributed by atoms with Gasteiger partial charge in [-0.1, -0.05) is 86.8 Å². The summed E-state index contributed by atoms with van der Waals surface area (Å²) in [4.78, 5) is 18.6. The Morgan fingerprint density at radius 1 is 0.815 bits per heavy atom. The molecule has 2 aromatic carbocycles. The topological polar surface area (TPSA) is 20.3 Å².